The van der Waals surface area contributed by atoms with Crippen LogP contribution in [0, 0.1) is 5.82 Å². The Morgan fingerprint density at radius 1 is 1.25 bits per heavy atom. The number of nitrogens with one attached hydrogen (secondary N) is 1. The number of thioether (sulfide) groups is 1. The second-order valence-electron chi connectivity index (χ2n) is 5.06. The lowest BCUT2D eigenvalue weighted by Gasteiger charge is -2.02. The van der Waals surface area contributed by atoms with Crippen LogP contribution < -0.4 is 5.32 Å². The number of benzene rings is 2. The molecule has 0 bridgehead atoms. The van der Waals surface area contributed by atoms with Gasteiger partial charge in [-0.05, 0) is 48.6 Å². The van der Waals surface area contributed by atoms with Crippen LogP contribution in [0.2, 0.25) is 5.02 Å². The first kappa shape index (κ1) is 17.2. The van der Waals surface area contributed by atoms with E-state index in [1.54, 1.807) is 30.0 Å². The van der Waals surface area contributed by atoms with Crippen molar-refractivity contribution in [3.8, 4) is 0 Å². The number of thiazole rings is 1. The molecule has 24 heavy (non-hydrogen) atoms. The number of rotatable bonds is 6. The number of carbonyl (C=O) groups is 1. The average molecular weight is 381 g/mol. The Labute approximate surface area is 152 Å². The van der Waals surface area contributed by atoms with Crippen LogP contribution in [0.15, 0.2) is 47.4 Å². The van der Waals surface area contributed by atoms with E-state index in [9.17, 15) is 9.18 Å². The minimum absolute atomic E-state index is 0.0649. The Morgan fingerprint density at radius 3 is 2.79 bits per heavy atom. The molecule has 0 aliphatic heterocycles. The largest absolute Gasteiger partial charge is 0.302 e. The van der Waals surface area contributed by atoms with Crippen LogP contribution in [0.4, 0.5) is 9.52 Å². The van der Waals surface area contributed by atoms with E-state index < -0.39 is 0 Å². The molecule has 1 N–H and O–H groups in total. The van der Waals surface area contributed by atoms with Gasteiger partial charge in [0, 0.05) is 11.3 Å². The number of anilines is 1. The second-order valence-corrected chi connectivity index (χ2v) is 7.67. The molecular formula is C17H14ClFN2OS2. The van der Waals surface area contributed by atoms with E-state index in [4.69, 9.17) is 11.6 Å². The third-order valence-electron chi connectivity index (χ3n) is 3.25. The number of para-hydroxylation sites is 1. The summed E-state index contributed by atoms with van der Waals surface area (Å²) in [7, 11) is 0. The van der Waals surface area contributed by atoms with Gasteiger partial charge < -0.3 is 5.32 Å². The maximum Gasteiger partial charge on any atom is 0.226 e. The van der Waals surface area contributed by atoms with Crippen molar-refractivity contribution in [2.24, 2.45) is 0 Å². The molecule has 0 aliphatic carbocycles. The maximum absolute atomic E-state index is 12.8. The van der Waals surface area contributed by atoms with Gasteiger partial charge in [-0.25, -0.2) is 9.37 Å². The number of fused-ring (bicyclic) bond motifs is 1. The zero-order chi connectivity index (χ0) is 16.9. The van der Waals surface area contributed by atoms with E-state index >= 15 is 0 Å². The number of hydrogen-bond acceptors (Lipinski definition) is 4. The molecule has 2 aromatic carbocycles. The molecule has 3 aromatic rings. The summed E-state index contributed by atoms with van der Waals surface area (Å²) in [6, 6.07) is 11.9. The zero-order valence-electron chi connectivity index (χ0n) is 12.6. The van der Waals surface area contributed by atoms with Crippen molar-refractivity contribution in [3.05, 3.63) is 53.3 Å². The summed E-state index contributed by atoms with van der Waals surface area (Å²) in [5.41, 5.74) is 0.714. The standard InChI is InChI=1S/C17H14ClFN2OS2/c18-13-3-1-4-14-16(13)21-17(24-14)20-15(22)5-2-10-23-12-8-6-11(19)7-9-12/h1,3-4,6-9H,2,5,10H2,(H,20,21,22). The summed E-state index contributed by atoms with van der Waals surface area (Å²) in [6.45, 7) is 0. The molecule has 0 saturated heterocycles. The molecule has 0 unspecified atom stereocenters. The van der Waals surface area contributed by atoms with Crippen LogP contribution in [0.1, 0.15) is 12.8 Å². The number of halogens is 2. The van der Waals surface area contributed by atoms with Crippen LogP contribution in [0.5, 0.6) is 0 Å². The number of carbonyl (C=O) groups excluding carboxylic acids is 1. The van der Waals surface area contributed by atoms with Crippen molar-refractivity contribution in [1.82, 2.24) is 4.98 Å². The number of nitrogens with zero attached hydrogens (tertiary/aromatic N) is 1. The molecule has 0 atom stereocenters. The monoisotopic (exact) mass is 380 g/mol. The lowest BCUT2D eigenvalue weighted by Crippen LogP contribution is -2.11. The van der Waals surface area contributed by atoms with Crippen molar-refractivity contribution in [3.63, 3.8) is 0 Å². The summed E-state index contributed by atoms with van der Waals surface area (Å²) in [5.74, 6) is 0.490. The molecule has 0 aliphatic rings. The van der Waals surface area contributed by atoms with Crippen molar-refractivity contribution < 1.29 is 9.18 Å². The number of amides is 1. The zero-order valence-corrected chi connectivity index (χ0v) is 15.0. The Balaban J connectivity index is 1.46. The van der Waals surface area contributed by atoms with E-state index in [1.165, 1.54) is 23.5 Å². The van der Waals surface area contributed by atoms with E-state index in [0.717, 1.165) is 21.8 Å². The molecule has 124 valence electrons. The fraction of sp³-hybridized carbons (Fsp3) is 0.176. The van der Waals surface area contributed by atoms with Crippen molar-refractivity contribution in [2.75, 3.05) is 11.1 Å². The smallest absolute Gasteiger partial charge is 0.226 e. The fourth-order valence-corrected chi connectivity index (χ4v) is 4.14. The summed E-state index contributed by atoms with van der Waals surface area (Å²) in [6.07, 6.45) is 1.15. The Kier molecular flexibility index (Phi) is 5.71. The molecule has 1 heterocycles. The lowest BCUT2D eigenvalue weighted by atomic mass is 10.3. The van der Waals surface area contributed by atoms with E-state index in [2.05, 4.69) is 10.3 Å². The van der Waals surface area contributed by atoms with Crippen LogP contribution in [0.3, 0.4) is 0 Å². The predicted octanol–water partition coefficient (Wildman–Crippen LogP) is 5.60. The van der Waals surface area contributed by atoms with Gasteiger partial charge in [0.25, 0.3) is 0 Å². The third-order valence-corrected chi connectivity index (χ3v) is 5.59. The normalized spacial score (nSPS) is 10.9. The van der Waals surface area contributed by atoms with Gasteiger partial charge in [-0.15, -0.1) is 11.8 Å². The highest BCUT2D eigenvalue weighted by Gasteiger charge is 2.09. The molecule has 0 fully saturated rings. The van der Waals surface area contributed by atoms with Gasteiger partial charge >= 0.3 is 0 Å². The summed E-state index contributed by atoms with van der Waals surface area (Å²) in [5, 5.41) is 3.96. The van der Waals surface area contributed by atoms with E-state index in [0.29, 0.717) is 22.1 Å². The Morgan fingerprint density at radius 2 is 2.04 bits per heavy atom. The fourth-order valence-electron chi connectivity index (χ4n) is 2.10. The highest BCUT2D eigenvalue weighted by atomic mass is 35.5. The van der Waals surface area contributed by atoms with Crippen molar-refractivity contribution in [2.45, 2.75) is 17.7 Å². The van der Waals surface area contributed by atoms with Gasteiger partial charge in [0.2, 0.25) is 5.91 Å². The minimum Gasteiger partial charge on any atom is -0.302 e. The van der Waals surface area contributed by atoms with Crippen LogP contribution >= 0.6 is 34.7 Å². The molecule has 0 spiro atoms. The van der Waals surface area contributed by atoms with E-state index in [1.807, 2.05) is 12.1 Å². The molecule has 3 rings (SSSR count). The van der Waals surface area contributed by atoms with Crippen LogP contribution in [0.25, 0.3) is 10.2 Å². The first-order valence-electron chi connectivity index (χ1n) is 7.35. The molecule has 0 radical (unpaired) electrons. The summed E-state index contributed by atoms with van der Waals surface area (Å²) in [4.78, 5) is 17.3. The molecular weight excluding hydrogens is 367 g/mol. The molecule has 3 nitrogen and oxygen atoms in total. The van der Waals surface area contributed by atoms with E-state index in [-0.39, 0.29) is 11.7 Å². The topological polar surface area (TPSA) is 42.0 Å². The Hall–Kier alpha value is -1.63. The minimum atomic E-state index is -0.241. The van der Waals surface area contributed by atoms with Gasteiger partial charge in [0.05, 0.1) is 9.72 Å². The van der Waals surface area contributed by atoms with Gasteiger partial charge in [-0.1, -0.05) is 29.0 Å². The number of hydrogen-bond donors (Lipinski definition) is 1. The van der Waals surface area contributed by atoms with Crippen molar-refractivity contribution >= 4 is 56.0 Å². The van der Waals surface area contributed by atoms with Gasteiger partial charge in [0.1, 0.15) is 11.3 Å². The van der Waals surface area contributed by atoms with Crippen molar-refractivity contribution in [1.29, 1.82) is 0 Å². The van der Waals surface area contributed by atoms with Gasteiger partial charge in [-0.3, -0.25) is 4.79 Å². The molecule has 0 saturated carbocycles. The highest BCUT2D eigenvalue weighted by Crippen LogP contribution is 2.30. The van der Waals surface area contributed by atoms with Gasteiger partial charge in [-0.2, -0.15) is 0 Å². The first-order valence-corrected chi connectivity index (χ1v) is 9.53. The molecule has 7 heteroatoms. The Bertz CT molecular complexity index is 851. The molecule has 1 aromatic heterocycles. The van der Waals surface area contributed by atoms with Crippen LogP contribution in [-0.2, 0) is 4.79 Å². The quantitative estimate of drug-likeness (QED) is 0.447. The second kappa shape index (κ2) is 7.96. The van der Waals surface area contributed by atoms with Gasteiger partial charge in [0.15, 0.2) is 5.13 Å². The maximum atomic E-state index is 12.8. The SMILES string of the molecule is O=C(CCCSc1ccc(F)cc1)Nc1nc2c(Cl)cccc2s1. The average Bonchev–Trinajstić information content (AvgIpc) is 2.97. The highest BCUT2D eigenvalue weighted by molar-refractivity contribution is 7.99. The predicted molar refractivity (Wildman–Crippen MR) is 99.6 cm³/mol. The summed E-state index contributed by atoms with van der Waals surface area (Å²) >= 11 is 9.10. The molecule has 1 amide bonds. The number of aromatic nitrogens is 1. The third kappa shape index (κ3) is 4.47. The first-order chi connectivity index (χ1) is 11.6. The summed E-state index contributed by atoms with van der Waals surface area (Å²) < 4.78 is 13.8. The van der Waals surface area contributed by atoms with Crippen LogP contribution in [-0.4, -0.2) is 16.6 Å². The lowest BCUT2D eigenvalue weighted by molar-refractivity contribution is -0.116.